The van der Waals surface area contributed by atoms with Crippen LogP contribution < -0.4 is 0 Å². The molecule has 0 bridgehead atoms. The first-order valence-electron chi connectivity index (χ1n) is 3.65. The number of halogens is 4. The Morgan fingerprint density at radius 2 is 2.20 bits per heavy atom. The average molecular weight is 241 g/mol. The van der Waals surface area contributed by atoms with Gasteiger partial charge in [0.05, 0.1) is 5.88 Å². The van der Waals surface area contributed by atoms with Gasteiger partial charge < -0.3 is 10.1 Å². The van der Waals surface area contributed by atoms with Crippen LogP contribution in [0.1, 0.15) is 17.6 Å². The van der Waals surface area contributed by atoms with Gasteiger partial charge >= 0.3 is 11.8 Å². The summed E-state index contributed by atoms with van der Waals surface area (Å²) >= 11 is 5.25. The zero-order valence-electron chi connectivity index (χ0n) is 7.08. The number of hydrogen-bond donors (Lipinski definition) is 0. The van der Waals surface area contributed by atoms with Gasteiger partial charge in [0, 0.05) is 5.56 Å². The summed E-state index contributed by atoms with van der Waals surface area (Å²) in [6.45, 7) is 0. The van der Waals surface area contributed by atoms with Crippen LogP contribution in [0, 0.1) is 16.1 Å². The summed E-state index contributed by atoms with van der Waals surface area (Å²) in [6.07, 6.45) is -3.10. The molecule has 0 aliphatic carbocycles. The molecule has 1 heterocycles. The Labute approximate surface area is 86.8 Å². The second-order valence-electron chi connectivity index (χ2n) is 2.54. The third kappa shape index (κ3) is 2.35. The Kier molecular flexibility index (Phi) is 3.46. The number of pyridine rings is 1. The van der Waals surface area contributed by atoms with E-state index in [1.165, 1.54) is 0 Å². The van der Waals surface area contributed by atoms with Crippen LogP contribution in [0.25, 0.3) is 0 Å². The first kappa shape index (κ1) is 11.7. The molecule has 0 saturated carbocycles. The number of nitrogens with zero attached hydrogens (tertiary/aromatic N) is 2. The molecule has 15 heavy (non-hydrogen) atoms. The van der Waals surface area contributed by atoms with Crippen molar-refractivity contribution in [1.82, 2.24) is 4.98 Å². The third-order valence-corrected chi connectivity index (χ3v) is 1.90. The van der Waals surface area contributed by atoms with Gasteiger partial charge in [0.1, 0.15) is 5.56 Å². The Morgan fingerprint density at radius 1 is 1.60 bits per heavy atom. The van der Waals surface area contributed by atoms with E-state index in [2.05, 4.69) is 4.98 Å². The quantitative estimate of drug-likeness (QED) is 0.353. The van der Waals surface area contributed by atoms with Crippen molar-refractivity contribution in [2.45, 2.75) is 12.3 Å². The largest absolute Gasteiger partial charge is 0.375 e. The van der Waals surface area contributed by atoms with Crippen LogP contribution in [0.3, 0.4) is 0 Å². The fourth-order valence-electron chi connectivity index (χ4n) is 0.942. The van der Waals surface area contributed by atoms with E-state index in [1.807, 2.05) is 0 Å². The van der Waals surface area contributed by atoms with E-state index in [9.17, 15) is 23.3 Å². The maximum atomic E-state index is 12.9. The monoisotopic (exact) mass is 240 g/mol. The van der Waals surface area contributed by atoms with E-state index in [-0.39, 0.29) is 11.4 Å². The van der Waals surface area contributed by atoms with Crippen LogP contribution in [0.5, 0.6) is 0 Å². The minimum atomic E-state index is -3.10. The highest BCUT2D eigenvalue weighted by molar-refractivity contribution is 6.17. The van der Waals surface area contributed by atoms with Gasteiger partial charge in [0.15, 0.2) is 0 Å². The van der Waals surface area contributed by atoms with Crippen molar-refractivity contribution in [1.29, 1.82) is 0 Å². The SMILES string of the molecule is O=[N+]([O-])c1nc(F)c(CCl)cc1C(F)F. The fraction of sp³-hybridized carbons (Fsp3) is 0.286. The molecule has 1 rings (SSSR count). The molecule has 82 valence electrons. The maximum absolute atomic E-state index is 12.9. The molecule has 8 heteroatoms. The number of alkyl halides is 3. The van der Waals surface area contributed by atoms with E-state index in [1.54, 1.807) is 0 Å². The summed E-state index contributed by atoms with van der Waals surface area (Å²) in [5.74, 6) is -2.77. The first-order valence-corrected chi connectivity index (χ1v) is 4.18. The van der Waals surface area contributed by atoms with Crippen LogP contribution in [0.4, 0.5) is 19.0 Å². The molecule has 0 aromatic carbocycles. The van der Waals surface area contributed by atoms with Gasteiger partial charge in [0.2, 0.25) is 0 Å². The Hall–Kier alpha value is -1.37. The van der Waals surface area contributed by atoms with E-state index in [0.29, 0.717) is 6.07 Å². The lowest BCUT2D eigenvalue weighted by Gasteiger charge is -2.02. The van der Waals surface area contributed by atoms with Crippen LogP contribution in [0.2, 0.25) is 0 Å². The minimum Gasteiger partial charge on any atom is -0.358 e. The lowest BCUT2D eigenvalue weighted by atomic mass is 10.2. The maximum Gasteiger partial charge on any atom is 0.375 e. The van der Waals surface area contributed by atoms with Crippen molar-refractivity contribution in [2.75, 3.05) is 0 Å². The average Bonchev–Trinajstić information content (AvgIpc) is 2.16. The van der Waals surface area contributed by atoms with Crippen molar-refractivity contribution >= 4 is 17.4 Å². The van der Waals surface area contributed by atoms with E-state index < -0.39 is 28.7 Å². The molecule has 0 aliphatic heterocycles. The molecule has 0 atom stereocenters. The van der Waals surface area contributed by atoms with Crippen molar-refractivity contribution in [3.05, 3.63) is 33.3 Å². The molecule has 1 aromatic rings. The second-order valence-corrected chi connectivity index (χ2v) is 2.81. The highest BCUT2D eigenvalue weighted by atomic mass is 35.5. The standard InChI is InChI=1S/C7H4ClF3N2O2/c8-2-3-1-4(5(9)10)7(13(14)15)12-6(3)11/h1,5H,2H2. The molecule has 0 aliphatic rings. The minimum absolute atomic E-state index is 0.294. The summed E-state index contributed by atoms with van der Waals surface area (Å²) in [4.78, 5) is 12.0. The summed E-state index contributed by atoms with van der Waals surface area (Å²) < 4.78 is 37.6. The van der Waals surface area contributed by atoms with Crippen molar-refractivity contribution in [3.63, 3.8) is 0 Å². The predicted octanol–water partition coefficient (Wildman–Crippen LogP) is 2.81. The molecule has 4 nitrogen and oxygen atoms in total. The first-order chi connectivity index (χ1) is 6.97. The lowest BCUT2D eigenvalue weighted by Crippen LogP contribution is -2.03. The van der Waals surface area contributed by atoms with Crippen LogP contribution >= 0.6 is 11.6 Å². The van der Waals surface area contributed by atoms with Gasteiger partial charge in [-0.1, -0.05) is 0 Å². The van der Waals surface area contributed by atoms with E-state index in [0.717, 1.165) is 0 Å². The summed E-state index contributed by atoms with van der Waals surface area (Å²) in [6, 6.07) is 0.651. The van der Waals surface area contributed by atoms with E-state index >= 15 is 0 Å². The van der Waals surface area contributed by atoms with Gasteiger partial charge in [-0.2, -0.15) is 4.39 Å². The second kappa shape index (κ2) is 4.43. The molecule has 0 N–H and O–H groups in total. The lowest BCUT2D eigenvalue weighted by molar-refractivity contribution is -0.391. The topological polar surface area (TPSA) is 56.0 Å². The Morgan fingerprint density at radius 3 is 2.60 bits per heavy atom. The van der Waals surface area contributed by atoms with Gasteiger partial charge in [-0.05, 0) is 16.0 Å². The van der Waals surface area contributed by atoms with Crippen LogP contribution in [-0.2, 0) is 5.88 Å². The van der Waals surface area contributed by atoms with Crippen LogP contribution in [0.15, 0.2) is 6.07 Å². The third-order valence-electron chi connectivity index (χ3n) is 1.61. The Balaban J connectivity index is 3.38. The zero-order chi connectivity index (χ0) is 11.6. The summed E-state index contributed by atoms with van der Waals surface area (Å²) in [5.41, 5.74) is -1.23. The Bertz CT molecular complexity index is 400. The molecule has 0 spiro atoms. The van der Waals surface area contributed by atoms with Gasteiger partial charge in [-0.25, -0.2) is 8.78 Å². The van der Waals surface area contributed by atoms with E-state index in [4.69, 9.17) is 11.6 Å². The number of nitro groups is 1. The molecule has 1 aromatic heterocycles. The van der Waals surface area contributed by atoms with Gasteiger partial charge in [0.25, 0.3) is 6.43 Å². The summed E-state index contributed by atoms with van der Waals surface area (Å²) in [7, 11) is 0. The molecule has 0 saturated heterocycles. The van der Waals surface area contributed by atoms with Gasteiger partial charge in [-0.15, -0.1) is 11.6 Å². The van der Waals surface area contributed by atoms with Crippen molar-refractivity contribution in [3.8, 4) is 0 Å². The highest BCUT2D eigenvalue weighted by Gasteiger charge is 2.27. The predicted molar refractivity (Wildman–Crippen MR) is 45.4 cm³/mol. The number of rotatable bonds is 3. The summed E-state index contributed by atoms with van der Waals surface area (Å²) in [5, 5.41) is 10.3. The fourth-order valence-corrected chi connectivity index (χ4v) is 1.13. The molecule has 0 radical (unpaired) electrons. The normalized spacial score (nSPS) is 10.7. The molecular formula is C7H4ClF3N2O2. The molecular weight excluding hydrogens is 237 g/mol. The van der Waals surface area contributed by atoms with Gasteiger partial charge in [-0.3, -0.25) is 0 Å². The molecule has 0 unspecified atom stereocenters. The number of aromatic nitrogens is 1. The van der Waals surface area contributed by atoms with Crippen molar-refractivity contribution in [2.24, 2.45) is 0 Å². The molecule has 0 fully saturated rings. The van der Waals surface area contributed by atoms with Crippen LogP contribution in [-0.4, -0.2) is 9.91 Å². The smallest absolute Gasteiger partial charge is 0.358 e. The number of hydrogen-bond acceptors (Lipinski definition) is 3. The molecule has 0 amide bonds. The zero-order valence-corrected chi connectivity index (χ0v) is 7.84. The van der Waals surface area contributed by atoms with Crippen molar-refractivity contribution < 1.29 is 18.1 Å². The highest BCUT2D eigenvalue weighted by Crippen LogP contribution is 2.29.